The van der Waals surface area contributed by atoms with Crippen LogP contribution in [0.2, 0.25) is 0 Å². The number of hydrogen-bond donors (Lipinski definition) is 1. The van der Waals surface area contributed by atoms with Crippen LogP contribution >= 0.6 is 11.3 Å². The van der Waals surface area contributed by atoms with Gasteiger partial charge in [0.2, 0.25) is 0 Å². The highest BCUT2D eigenvalue weighted by atomic mass is 32.1. The smallest absolute Gasteiger partial charge is 0.175 e. The molecule has 0 aliphatic rings. The zero-order chi connectivity index (χ0) is 10.8. The Morgan fingerprint density at radius 2 is 2.40 bits per heavy atom. The summed E-state index contributed by atoms with van der Waals surface area (Å²) in [5.74, 6) is 1.75. The second-order valence-corrected chi connectivity index (χ2v) is 4.54. The van der Waals surface area contributed by atoms with Gasteiger partial charge in [-0.15, -0.1) is 11.3 Å². The predicted molar refractivity (Wildman–Crippen MR) is 62.9 cm³/mol. The lowest BCUT2D eigenvalue weighted by atomic mass is 10.0. The maximum Gasteiger partial charge on any atom is 0.175 e. The number of nitrogen functional groups attached to an aromatic ring is 1. The lowest BCUT2D eigenvalue weighted by Crippen LogP contribution is -1.92. The van der Waals surface area contributed by atoms with Gasteiger partial charge in [-0.05, 0) is 17.9 Å². The maximum atomic E-state index is 5.83. The Morgan fingerprint density at radius 3 is 3.00 bits per heavy atom. The molecule has 0 saturated heterocycles. The summed E-state index contributed by atoms with van der Waals surface area (Å²) in [6.07, 6.45) is 1.02. The van der Waals surface area contributed by atoms with Gasteiger partial charge in [0.1, 0.15) is 5.76 Å². The average Bonchev–Trinajstić information content (AvgIpc) is 2.85. The van der Waals surface area contributed by atoms with Crippen molar-refractivity contribution in [1.29, 1.82) is 0 Å². The molecule has 4 heteroatoms. The Kier molecular flexibility index (Phi) is 2.77. The molecule has 3 nitrogen and oxygen atoms in total. The van der Waals surface area contributed by atoms with Gasteiger partial charge in [-0.2, -0.15) is 0 Å². The molecule has 0 bridgehead atoms. The van der Waals surface area contributed by atoms with E-state index in [0.29, 0.717) is 11.7 Å². The third kappa shape index (κ3) is 1.77. The summed E-state index contributed by atoms with van der Waals surface area (Å²) in [4.78, 5) is 1.13. The lowest BCUT2D eigenvalue weighted by Gasteiger charge is -2.05. The van der Waals surface area contributed by atoms with Gasteiger partial charge >= 0.3 is 0 Å². The Bertz CT molecular complexity index is 433. The third-order valence-electron chi connectivity index (χ3n) is 2.57. The van der Waals surface area contributed by atoms with Crippen LogP contribution in [0.15, 0.2) is 22.0 Å². The van der Waals surface area contributed by atoms with E-state index in [4.69, 9.17) is 10.3 Å². The fourth-order valence-electron chi connectivity index (χ4n) is 1.51. The van der Waals surface area contributed by atoms with E-state index in [1.165, 1.54) is 0 Å². The van der Waals surface area contributed by atoms with Crippen LogP contribution in [0.5, 0.6) is 0 Å². The second kappa shape index (κ2) is 4.06. The van der Waals surface area contributed by atoms with Gasteiger partial charge < -0.3 is 10.3 Å². The van der Waals surface area contributed by atoms with E-state index >= 15 is 0 Å². The van der Waals surface area contributed by atoms with Crippen molar-refractivity contribution in [3.8, 4) is 10.4 Å². The topological polar surface area (TPSA) is 52.0 Å². The van der Waals surface area contributed by atoms with Crippen LogP contribution in [0.4, 0.5) is 5.82 Å². The number of anilines is 1. The largest absolute Gasteiger partial charge is 0.380 e. The van der Waals surface area contributed by atoms with Crippen LogP contribution < -0.4 is 5.73 Å². The predicted octanol–water partition coefficient (Wildman–Crippen LogP) is 3.50. The van der Waals surface area contributed by atoms with Gasteiger partial charge in [-0.25, -0.2) is 0 Å². The summed E-state index contributed by atoms with van der Waals surface area (Å²) in [7, 11) is 0. The minimum atomic E-state index is 0.354. The van der Waals surface area contributed by atoms with Crippen LogP contribution in [0.25, 0.3) is 10.4 Å². The summed E-state index contributed by atoms with van der Waals surface area (Å²) in [5.41, 5.74) is 6.80. The van der Waals surface area contributed by atoms with Gasteiger partial charge in [0.15, 0.2) is 5.82 Å². The molecule has 2 rings (SSSR count). The first kappa shape index (κ1) is 10.2. The molecule has 0 spiro atoms. The Labute approximate surface area is 92.9 Å². The number of thiophene rings is 1. The molecular weight excluding hydrogens is 208 g/mol. The lowest BCUT2D eigenvalue weighted by molar-refractivity contribution is 0.366. The van der Waals surface area contributed by atoms with E-state index in [1.54, 1.807) is 11.3 Å². The Balaban J connectivity index is 2.50. The monoisotopic (exact) mass is 222 g/mol. The minimum absolute atomic E-state index is 0.354. The quantitative estimate of drug-likeness (QED) is 0.864. The van der Waals surface area contributed by atoms with Gasteiger partial charge in [-0.1, -0.05) is 25.1 Å². The van der Waals surface area contributed by atoms with Crippen molar-refractivity contribution >= 4 is 17.2 Å². The molecule has 15 heavy (non-hydrogen) atoms. The first-order valence-corrected chi connectivity index (χ1v) is 5.91. The van der Waals surface area contributed by atoms with E-state index < -0.39 is 0 Å². The number of aromatic nitrogens is 1. The van der Waals surface area contributed by atoms with E-state index in [-0.39, 0.29) is 0 Å². The highest BCUT2D eigenvalue weighted by molar-refractivity contribution is 7.13. The van der Waals surface area contributed by atoms with Crippen molar-refractivity contribution in [2.45, 2.75) is 26.2 Å². The normalized spacial score (nSPS) is 12.9. The molecule has 0 aromatic carbocycles. The van der Waals surface area contributed by atoms with Crippen LogP contribution in [0.3, 0.4) is 0 Å². The minimum Gasteiger partial charge on any atom is -0.380 e. The molecule has 1 unspecified atom stereocenters. The molecule has 0 fully saturated rings. The molecule has 2 aromatic heterocycles. The Hall–Kier alpha value is -1.29. The summed E-state index contributed by atoms with van der Waals surface area (Å²) < 4.78 is 5.30. The molecule has 0 aliphatic heterocycles. The average molecular weight is 222 g/mol. The van der Waals surface area contributed by atoms with Crippen LogP contribution in [-0.4, -0.2) is 5.16 Å². The number of nitrogens with two attached hydrogens (primary N) is 1. The molecule has 1 atom stereocenters. The zero-order valence-electron chi connectivity index (χ0n) is 8.86. The number of rotatable bonds is 3. The van der Waals surface area contributed by atoms with Crippen molar-refractivity contribution in [2.24, 2.45) is 0 Å². The van der Waals surface area contributed by atoms with Crippen LogP contribution in [0.1, 0.15) is 31.9 Å². The Morgan fingerprint density at radius 1 is 1.60 bits per heavy atom. The maximum absolute atomic E-state index is 5.83. The zero-order valence-corrected chi connectivity index (χ0v) is 9.67. The molecule has 2 N–H and O–H groups in total. The van der Waals surface area contributed by atoms with Crippen molar-refractivity contribution in [3.63, 3.8) is 0 Å². The molecule has 2 heterocycles. The summed E-state index contributed by atoms with van der Waals surface area (Å²) in [6.45, 7) is 4.25. The van der Waals surface area contributed by atoms with Gasteiger partial charge in [0.05, 0.1) is 5.56 Å². The van der Waals surface area contributed by atoms with Gasteiger partial charge in [0, 0.05) is 10.8 Å². The van der Waals surface area contributed by atoms with E-state index in [9.17, 15) is 0 Å². The SMILES string of the molecule is CCC(C)c1onc(N)c1-c1cccs1. The van der Waals surface area contributed by atoms with E-state index in [1.807, 2.05) is 17.5 Å². The molecule has 0 radical (unpaired) electrons. The van der Waals surface area contributed by atoms with Crippen LogP contribution in [0, 0.1) is 0 Å². The third-order valence-corrected chi connectivity index (χ3v) is 3.46. The standard InChI is InChI=1S/C11H14N2OS/c1-3-7(2)10-9(11(12)13-14-10)8-5-4-6-15-8/h4-7H,3H2,1-2H3,(H2,12,13). The van der Waals surface area contributed by atoms with E-state index in [2.05, 4.69) is 19.0 Å². The molecular formula is C11H14N2OS. The van der Waals surface area contributed by atoms with Gasteiger partial charge in [-0.3, -0.25) is 0 Å². The second-order valence-electron chi connectivity index (χ2n) is 3.59. The molecule has 0 amide bonds. The molecule has 0 aliphatic carbocycles. The van der Waals surface area contributed by atoms with Gasteiger partial charge in [0.25, 0.3) is 0 Å². The van der Waals surface area contributed by atoms with Crippen molar-refractivity contribution < 1.29 is 4.52 Å². The summed E-state index contributed by atoms with van der Waals surface area (Å²) >= 11 is 1.66. The molecule has 2 aromatic rings. The highest BCUT2D eigenvalue weighted by Gasteiger charge is 2.20. The fourth-order valence-corrected chi connectivity index (χ4v) is 2.29. The summed E-state index contributed by atoms with van der Waals surface area (Å²) in [5, 5.41) is 5.88. The first-order valence-electron chi connectivity index (χ1n) is 5.03. The molecule has 0 saturated carbocycles. The fraction of sp³-hybridized carbons (Fsp3) is 0.364. The number of nitrogens with zero attached hydrogens (tertiary/aromatic N) is 1. The van der Waals surface area contributed by atoms with Crippen LogP contribution in [-0.2, 0) is 0 Å². The summed E-state index contributed by atoms with van der Waals surface area (Å²) in [6, 6.07) is 4.05. The van der Waals surface area contributed by atoms with Crippen molar-refractivity contribution in [1.82, 2.24) is 5.16 Å². The highest BCUT2D eigenvalue weighted by Crippen LogP contribution is 2.37. The molecule has 80 valence electrons. The first-order chi connectivity index (χ1) is 7.24. The number of hydrogen-bond acceptors (Lipinski definition) is 4. The van der Waals surface area contributed by atoms with E-state index in [0.717, 1.165) is 22.6 Å². The van der Waals surface area contributed by atoms with Crippen molar-refractivity contribution in [3.05, 3.63) is 23.3 Å². The van der Waals surface area contributed by atoms with Crippen molar-refractivity contribution in [2.75, 3.05) is 5.73 Å².